The molecule has 0 saturated heterocycles. The SMILES string of the molecule is O=CNCCCc1nc2ccccc2n1CCCOc1ccccc1Cl. The van der Waals surface area contributed by atoms with E-state index in [4.69, 9.17) is 21.3 Å². The molecule has 2 aromatic carbocycles. The highest BCUT2D eigenvalue weighted by molar-refractivity contribution is 6.32. The van der Waals surface area contributed by atoms with Gasteiger partial charge in [0.25, 0.3) is 0 Å². The molecule has 1 aromatic heterocycles. The van der Waals surface area contributed by atoms with Crippen LogP contribution in [0.3, 0.4) is 0 Å². The molecule has 1 heterocycles. The number of hydrogen-bond acceptors (Lipinski definition) is 3. The number of benzene rings is 2. The fourth-order valence-electron chi connectivity index (χ4n) is 2.94. The lowest BCUT2D eigenvalue weighted by molar-refractivity contribution is -0.109. The van der Waals surface area contributed by atoms with Crippen molar-refractivity contribution in [3.63, 3.8) is 0 Å². The second kappa shape index (κ2) is 9.25. The van der Waals surface area contributed by atoms with E-state index in [1.807, 2.05) is 42.5 Å². The summed E-state index contributed by atoms with van der Waals surface area (Å²) in [4.78, 5) is 15.1. The van der Waals surface area contributed by atoms with Crippen molar-refractivity contribution in [2.75, 3.05) is 13.2 Å². The van der Waals surface area contributed by atoms with Gasteiger partial charge in [-0.3, -0.25) is 4.79 Å². The van der Waals surface area contributed by atoms with Gasteiger partial charge in [-0.2, -0.15) is 0 Å². The Morgan fingerprint density at radius 1 is 1.12 bits per heavy atom. The Morgan fingerprint density at radius 3 is 2.77 bits per heavy atom. The Balaban J connectivity index is 1.63. The molecule has 0 fully saturated rings. The van der Waals surface area contributed by atoms with Crippen LogP contribution in [0.1, 0.15) is 18.7 Å². The van der Waals surface area contributed by atoms with Gasteiger partial charge < -0.3 is 14.6 Å². The molecule has 136 valence electrons. The summed E-state index contributed by atoms with van der Waals surface area (Å²) in [5.41, 5.74) is 2.13. The first kappa shape index (κ1) is 18.3. The van der Waals surface area contributed by atoms with Crippen LogP contribution in [0.2, 0.25) is 5.02 Å². The lowest BCUT2D eigenvalue weighted by Crippen LogP contribution is -2.14. The van der Waals surface area contributed by atoms with Gasteiger partial charge in [-0.15, -0.1) is 0 Å². The molecule has 3 rings (SSSR count). The summed E-state index contributed by atoms with van der Waals surface area (Å²) in [5.74, 6) is 1.75. The molecule has 6 heteroatoms. The van der Waals surface area contributed by atoms with Crippen LogP contribution >= 0.6 is 11.6 Å². The number of aromatic nitrogens is 2. The molecule has 3 aromatic rings. The van der Waals surface area contributed by atoms with Crippen molar-refractivity contribution in [1.82, 2.24) is 14.9 Å². The number of ether oxygens (including phenoxy) is 1. The maximum atomic E-state index is 10.4. The highest BCUT2D eigenvalue weighted by atomic mass is 35.5. The lowest BCUT2D eigenvalue weighted by Gasteiger charge is -2.11. The van der Waals surface area contributed by atoms with E-state index in [1.165, 1.54) is 0 Å². The van der Waals surface area contributed by atoms with Gasteiger partial charge in [0.1, 0.15) is 11.6 Å². The lowest BCUT2D eigenvalue weighted by atomic mass is 10.3. The first-order chi connectivity index (χ1) is 12.8. The molecule has 0 aliphatic rings. The molecule has 0 spiro atoms. The van der Waals surface area contributed by atoms with Gasteiger partial charge >= 0.3 is 0 Å². The Morgan fingerprint density at radius 2 is 1.92 bits per heavy atom. The highest BCUT2D eigenvalue weighted by Crippen LogP contribution is 2.23. The summed E-state index contributed by atoms with van der Waals surface area (Å²) >= 11 is 6.12. The normalized spacial score (nSPS) is 10.8. The van der Waals surface area contributed by atoms with Crippen LogP contribution in [0, 0.1) is 0 Å². The minimum Gasteiger partial charge on any atom is -0.492 e. The molecule has 0 atom stereocenters. The maximum Gasteiger partial charge on any atom is 0.207 e. The number of rotatable bonds is 10. The number of amides is 1. The van der Waals surface area contributed by atoms with Crippen molar-refractivity contribution in [2.24, 2.45) is 0 Å². The molecular formula is C20H22ClN3O2. The molecule has 0 radical (unpaired) electrons. The van der Waals surface area contributed by atoms with Gasteiger partial charge in [-0.25, -0.2) is 4.98 Å². The fraction of sp³-hybridized carbons (Fsp3) is 0.300. The van der Waals surface area contributed by atoms with Crippen molar-refractivity contribution in [1.29, 1.82) is 0 Å². The van der Waals surface area contributed by atoms with E-state index in [9.17, 15) is 4.79 Å². The maximum absolute atomic E-state index is 10.4. The van der Waals surface area contributed by atoms with E-state index in [0.717, 1.165) is 49.1 Å². The number of aryl methyl sites for hydroxylation is 2. The van der Waals surface area contributed by atoms with Crippen LogP contribution in [0.5, 0.6) is 5.75 Å². The third-order valence-corrected chi connectivity index (χ3v) is 4.47. The molecule has 0 saturated carbocycles. The van der Waals surface area contributed by atoms with E-state index >= 15 is 0 Å². The topological polar surface area (TPSA) is 56.2 Å². The number of carbonyl (C=O) groups excluding carboxylic acids is 1. The van der Waals surface area contributed by atoms with Crippen LogP contribution in [0.15, 0.2) is 48.5 Å². The number of hydrogen-bond donors (Lipinski definition) is 1. The minimum absolute atomic E-state index is 0.586. The molecular weight excluding hydrogens is 350 g/mol. The molecule has 0 bridgehead atoms. The van der Waals surface area contributed by atoms with Gasteiger partial charge in [0.15, 0.2) is 0 Å². The fourth-order valence-corrected chi connectivity index (χ4v) is 3.13. The second-order valence-electron chi connectivity index (χ2n) is 5.98. The third-order valence-electron chi connectivity index (χ3n) is 4.16. The van der Waals surface area contributed by atoms with E-state index in [2.05, 4.69) is 16.0 Å². The Bertz CT molecular complexity index is 863. The molecule has 26 heavy (non-hydrogen) atoms. The monoisotopic (exact) mass is 371 g/mol. The zero-order valence-corrected chi connectivity index (χ0v) is 15.3. The predicted molar refractivity (Wildman–Crippen MR) is 104 cm³/mol. The average Bonchev–Trinajstić information content (AvgIpc) is 3.01. The highest BCUT2D eigenvalue weighted by Gasteiger charge is 2.10. The van der Waals surface area contributed by atoms with Gasteiger partial charge in [0.2, 0.25) is 6.41 Å². The van der Waals surface area contributed by atoms with Crippen molar-refractivity contribution < 1.29 is 9.53 Å². The van der Waals surface area contributed by atoms with Crippen LogP contribution < -0.4 is 10.1 Å². The van der Waals surface area contributed by atoms with Crippen molar-refractivity contribution in [2.45, 2.75) is 25.8 Å². The molecule has 1 N–H and O–H groups in total. The van der Waals surface area contributed by atoms with Crippen LogP contribution in [-0.4, -0.2) is 29.1 Å². The number of para-hydroxylation sites is 3. The first-order valence-corrected chi connectivity index (χ1v) is 9.16. The Hall–Kier alpha value is -2.53. The molecule has 1 amide bonds. The number of nitrogens with zero attached hydrogens (tertiary/aromatic N) is 2. The van der Waals surface area contributed by atoms with Gasteiger partial charge in [0, 0.05) is 19.5 Å². The van der Waals surface area contributed by atoms with Gasteiger partial charge in [0.05, 0.1) is 22.7 Å². The van der Waals surface area contributed by atoms with E-state index < -0.39 is 0 Å². The third kappa shape index (κ3) is 4.55. The summed E-state index contributed by atoms with van der Waals surface area (Å²) < 4.78 is 8.03. The smallest absolute Gasteiger partial charge is 0.207 e. The Labute approximate surface area is 157 Å². The van der Waals surface area contributed by atoms with E-state index in [0.29, 0.717) is 23.9 Å². The number of imidazole rings is 1. The summed E-state index contributed by atoms with van der Waals surface area (Å²) in [7, 11) is 0. The van der Waals surface area contributed by atoms with Crippen molar-refractivity contribution in [3.8, 4) is 5.75 Å². The predicted octanol–water partition coefficient (Wildman–Crippen LogP) is 3.84. The molecule has 0 aliphatic heterocycles. The van der Waals surface area contributed by atoms with E-state index in [1.54, 1.807) is 0 Å². The molecule has 0 unspecified atom stereocenters. The number of nitrogens with one attached hydrogen (secondary N) is 1. The number of fused-ring (bicyclic) bond motifs is 1. The van der Waals surface area contributed by atoms with Gasteiger partial charge in [-0.1, -0.05) is 35.9 Å². The van der Waals surface area contributed by atoms with Crippen molar-refractivity contribution >= 4 is 29.0 Å². The first-order valence-electron chi connectivity index (χ1n) is 8.78. The van der Waals surface area contributed by atoms with Crippen molar-refractivity contribution in [3.05, 3.63) is 59.4 Å². The summed E-state index contributed by atoms with van der Waals surface area (Å²) in [6, 6.07) is 15.6. The number of halogens is 1. The zero-order chi connectivity index (χ0) is 18.2. The Kier molecular flexibility index (Phi) is 6.50. The summed E-state index contributed by atoms with van der Waals surface area (Å²) in [6.45, 7) is 2.06. The minimum atomic E-state index is 0.586. The summed E-state index contributed by atoms with van der Waals surface area (Å²) in [5, 5.41) is 3.33. The average molecular weight is 372 g/mol. The summed E-state index contributed by atoms with van der Waals surface area (Å²) in [6.07, 6.45) is 3.26. The standard InChI is InChI=1S/C20H22ClN3O2/c21-16-7-1-4-10-19(16)26-14-6-13-24-18-9-3-2-8-17(18)23-20(24)11-5-12-22-15-25/h1-4,7-10,15H,5-6,11-14H2,(H,22,25). The van der Waals surface area contributed by atoms with Crippen LogP contribution in [0.4, 0.5) is 0 Å². The van der Waals surface area contributed by atoms with E-state index in [-0.39, 0.29) is 0 Å². The largest absolute Gasteiger partial charge is 0.492 e. The van der Waals surface area contributed by atoms with Crippen LogP contribution in [0.25, 0.3) is 11.0 Å². The second-order valence-corrected chi connectivity index (χ2v) is 6.38. The molecule has 5 nitrogen and oxygen atoms in total. The quantitative estimate of drug-likeness (QED) is 0.435. The van der Waals surface area contributed by atoms with Crippen LogP contribution in [-0.2, 0) is 17.8 Å². The number of carbonyl (C=O) groups is 1. The zero-order valence-electron chi connectivity index (χ0n) is 14.5. The molecule has 0 aliphatic carbocycles. The van der Waals surface area contributed by atoms with Gasteiger partial charge in [-0.05, 0) is 37.1 Å².